The Labute approximate surface area is 191 Å². The summed E-state index contributed by atoms with van der Waals surface area (Å²) in [4.78, 5) is 23.3. The van der Waals surface area contributed by atoms with Crippen LogP contribution in [0, 0.1) is 11.3 Å². The molecule has 2 aromatic carbocycles. The Morgan fingerprint density at radius 2 is 1.85 bits per heavy atom. The molecular formula is C24H26N2O7. The van der Waals surface area contributed by atoms with Crippen LogP contribution in [0.2, 0.25) is 0 Å². The van der Waals surface area contributed by atoms with Crippen molar-refractivity contribution in [3.05, 3.63) is 71.8 Å². The molecule has 33 heavy (non-hydrogen) atoms. The Hall–Kier alpha value is -3.87. The summed E-state index contributed by atoms with van der Waals surface area (Å²) in [5.74, 6) is -0.496. The van der Waals surface area contributed by atoms with Crippen LogP contribution in [0.5, 0.6) is 5.75 Å². The van der Waals surface area contributed by atoms with E-state index in [2.05, 4.69) is 5.32 Å². The van der Waals surface area contributed by atoms with Crippen molar-refractivity contribution in [1.82, 2.24) is 0 Å². The maximum Gasteiger partial charge on any atom is 0.412 e. The minimum Gasteiger partial charge on any atom is -0.491 e. The Morgan fingerprint density at radius 3 is 2.42 bits per heavy atom. The highest BCUT2D eigenvalue weighted by atomic mass is 16.6. The molecule has 0 aliphatic carbocycles. The van der Waals surface area contributed by atoms with Crippen molar-refractivity contribution in [2.45, 2.75) is 25.0 Å². The lowest BCUT2D eigenvalue weighted by Gasteiger charge is -2.26. The summed E-state index contributed by atoms with van der Waals surface area (Å²) in [6, 6.07) is 15.2. The fourth-order valence-electron chi connectivity index (χ4n) is 3.00. The molecule has 1 amide bonds. The minimum atomic E-state index is -1.04. The van der Waals surface area contributed by atoms with E-state index in [0.29, 0.717) is 35.4 Å². The number of carboxylic acids is 1. The number of nitrogens with zero attached hydrogens (tertiary/aromatic N) is 1. The van der Waals surface area contributed by atoms with Crippen LogP contribution in [-0.2, 0) is 14.3 Å². The van der Waals surface area contributed by atoms with Crippen LogP contribution in [0.1, 0.15) is 30.1 Å². The van der Waals surface area contributed by atoms with Crippen LogP contribution >= 0.6 is 0 Å². The average Bonchev–Trinajstić information content (AvgIpc) is 2.82. The van der Waals surface area contributed by atoms with E-state index < -0.39 is 24.3 Å². The number of allylic oxidation sites excluding steroid dienone is 1. The number of carbonyl (C=O) groups is 2. The van der Waals surface area contributed by atoms with Gasteiger partial charge in [0.2, 0.25) is 0 Å². The van der Waals surface area contributed by atoms with E-state index in [-0.39, 0.29) is 13.2 Å². The molecule has 0 aliphatic heterocycles. The van der Waals surface area contributed by atoms with Crippen molar-refractivity contribution in [3.8, 4) is 11.8 Å². The number of nitrogens with one attached hydrogen (secondary N) is 1. The molecule has 2 aromatic rings. The quantitative estimate of drug-likeness (QED) is 0.413. The van der Waals surface area contributed by atoms with Crippen LogP contribution in [0.4, 0.5) is 10.5 Å². The van der Waals surface area contributed by atoms with Crippen molar-refractivity contribution in [1.29, 1.82) is 5.26 Å². The molecule has 174 valence electrons. The summed E-state index contributed by atoms with van der Waals surface area (Å²) >= 11 is 0. The van der Waals surface area contributed by atoms with Crippen LogP contribution in [0.25, 0.3) is 0 Å². The standard InChI is InChI=1S/C24H26N2O7/c1-31-21(4-2-3-5-22(28)29)23(18-8-12-20(13-9-18)32-15-14-27)33-24(30)26-19-10-6-17(16-25)7-11-19/h3,5-13,21,23,27H,2,4,14-15H2,1H3,(H,26,30)(H,28,29)/b5-3+/t21-,23-/m0/s1. The molecule has 3 N–H and O–H groups in total. The number of aliphatic hydroxyl groups is 1. The van der Waals surface area contributed by atoms with Gasteiger partial charge in [-0.25, -0.2) is 9.59 Å². The van der Waals surface area contributed by atoms with Crippen LogP contribution in [0.15, 0.2) is 60.7 Å². The second-order valence-corrected chi connectivity index (χ2v) is 6.87. The molecule has 9 nitrogen and oxygen atoms in total. The van der Waals surface area contributed by atoms with Gasteiger partial charge in [0.15, 0.2) is 6.10 Å². The van der Waals surface area contributed by atoms with Gasteiger partial charge in [-0.2, -0.15) is 5.26 Å². The number of carbonyl (C=O) groups excluding carboxylic acids is 1. The van der Waals surface area contributed by atoms with E-state index in [1.165, 1.54) is 13.2 Å². The zero-order valence-electron chi connectivity index (χ0n) is 18.1. The number of hydrogen-bond acceptors (Lipinski definition) is 7. The zero-order valence-corrected chi connectivity index (χ0v) is 18.1. The zero-order chi connectivity index (χ0) is 24.1. The van der Waals surface area contributed by atoms with Crippen molar-refractivity contribution in [2.24, 2.45) is 0 Å². The highest BCUT2D eigenvalue weighted by Gasteiger charge is 2.27. The third kappa shape index (κ3) is 8.65. The van der Waals surface area contributed by atoms with E-state index in [9.17, 15) is 9.59 Å². The maximum atomic E-state index is 12.6. The predicted molar refractivity (Wildman–Crippen MR) is 120 cm³/mol. The topological polar surface area (TPSA) is 138 Å². The first-order chi connectivity index (χ1) is 16.0. The number of anilines is 1. The van der Waals surface area contributed by atoms with E-state index in [4.69, 9.17) is 29.7 Å². The van der Waals surface area contributed by atoms with Gasteiger partial charge in [0.05, 0.1) is 24.3 Å². The minimum absolute atomic E-state index is 0.112. The first-order valence-corrected chi connectivity index (χ1v) is 10.2. The van der Waals surface area contributed by atoms with Crippen molar-refractivity contribution < 1.29 is 34.0 Å². The third-order valence-corrected chi connectivity index (χ3v) is 4.58. The molecule has 0 unspecified atom stereocenters. The SMILES string of the molecule is CO[C@@H](CC/C=C/C(=O)O)[C@@H](OC(=O)Nc1ccc(C#N)cc1)c1ccc(OCCO)cc1. The molecule has 0 heterocycles. The van der Waals surface area contributed by atoms with E-state index in [1.807, 2.05) is 6.07 Å². The molecule has 2 atom stereocenters. The lowest BCUT2D eigenvalue weighted by molar-refractivity contribution is -0.131. The first kappa shape index (κ1) is 25.4. The molecule has 0 spiro atoms. The molecule has 0 saturated carbocycles. The van der Waals surface area contributed by atoms with Gasteiger partial charge in [0.1, 0.15) is 12.4 Å². The number of carboxylic acid groups (broad SMARTS) is 1. The van der Waals surface area contributed by atoms with E-state index in [1.54, 1.807) is 48.5 Å². The predicted octanol–water partition coefficient (Wildman–Crippen LogP) is 3.66. The second kappa shape index (κ2) is 13.5. The van der Waals surface area contributed by atoms with Gasteiger partial charge in [0.25, 0.3) is 0 Å². The van der Waals surface area contributed by atoms with Gasteiger partial charge >= 0.3 is 12.1 Å². The number of aliphatic carboxylic acids is 1. The number of methoxy groups -OCH3 is 1. The highest BCUT2D eigenvalue weighted by molar-refractivity contribution is 5.84. The number of benzene rings is 2. The average molecular weight is 454 g/mol. The van der Waals surface area contributed by atoms with Gasteiger partial charge in [-0.3, -0.25) is 5.32 Å². The monoisotopic (exact) mass is 454 g/mol. The maximum absolute atomic E-state index is 12.6. The molecule has 0 saturated heterocycles. The molecular weight excluding hydrogens is 428 g/mol. The molecule has 0 bridgehead atoms. The molecule has 0 radical (unpaired) electrons. The Balaban J connectivity index is 2.17. The normalized spacial score (nSPS) is 12.5. The molecule has 9 heteroatoms. The van der Waals surface area contributed by atoms with E-state index in [0.717, 1.165) is 6.08 Å². The summed E-state index contributed by atoms with van der Waals surface area (Å²) in [7, 11) is 1.49. The van der Waals surface area contributed by atoms with Crippen LogP contribution < -0.4 is 10.1 Å². The number of nitriles is 1. The lowest BCUT2D eigenvalue weighted by Crippen LogP contribution is -2.28. The number of hydrogen-bond donors (Lipinski definition) is 3. The first-order valence-electron chi connectivity index (χ1n) is 10.2. The largest absolute Gasteiger partial charge is 0.491 e. The summed E-state index contributed by atoms with van der Waals surface area (Å²) in [5, 5.41) is 29.2. The summed E-state index contributed by atoms with van der Waals surface area (Å²) in [5.41, 5.74) is 1.57. The van der Waals surface area contributed by atoms with Gasteiger partial charge in [-0.1, -0.05) is 18.2 Å². The Morgan fingerprint density at radius 1 is 1.15 bits per heavy atom. The van der Waals surface area contributed by atoms with Crippen LogP contribution in [0.3, 0.4) is 0 Å². The summed E-state index contributed by atoms with van der Waals surface area (Å²) in [6.45, 7) is 0.0431. The van der Waals surface area contributed by atoms with Crippen molar-refractivity contribution >= 4 is 17.7 Å². The van der Waals surface area contributed by atoms with Gasteiger partial charge in [-0.15, -0.1) is 0 Å². The number of rotatable bonds is 12. The third-order valence-electron chi connectivity index (χ3n) is 4.58. The van der Waals surface area contributed by atoms with Gasteiger partial charge < -0.3 is 24.4 Å². The Bertz CT molecular complexity index is 966. The summed E-state index contributed by atoms with van der Waals surface area (Å²) < 4.78 is 16.6. The van der Waals surface area contributed by atoms with Crippen LogP contribution in [-0.4, -0.2) is 48.7 Å². The fraction of sp³-hybridized carbons (Fsp3) is 0.292. The van der Waals surface area contributed by atoms with Crippen molar-refractivity contribution in [2.75, 3.05) is 25.6 Å². The van der Waals surface area contributed by atoms with Gasteiger partial charge in [-0.05, 0) is 54.8 Å². The number of ether oxygens (including phenoxy) is 3. The second-order valence-electron chi connectivity index (χ2n) is 6.87. The van der Waals surface area contributed by atoms with E-state index >= 15 is 0 Å². The Kier molecular flexibility index (Phi) is 10.4. The lowest BCUT2D eigenvalue weighted by atomic mass is 10.00. The van der Waals surface area contributed by atoms with Crippen molar-refractivity contribution in [3.63, 3.8) is 0 Å². The van der Waals surface area contributed by atoms with Gasteiger partial charge in [0, 0.05) is 18.9 Å². The highest BCUT2D eigenvalue weighted by Crippen LogP contribution is 2.29. The molecule has 2 rings (SSSR count). The number of aliphatic hydroxyl groups excluding tert-OH is 1. The molecule has 0 fully saturated rings. The fourth-order valence-corrected chi connectivity index (χ4v) is 3.00. The molecule has 0 aliphatic rings. The number of amides is 1. The molecule has 0 aromatic heterocycles. The smallest absolute Gasteiger partial charge is 0.412 e. The summed E-state index contributed by atoms with van der Waals surface area (Å²) in [6.07, 6.45) is 1.30.